The Kier molecular flexibility index (Phi) is 6.46. The average molecular weight is 272 g/mol. The smallest absolute Gasteiger partial charge is 0.220 e. The van der Waals surface area contributed by atoms with Crippen molar-refractivity contribution in [2.75, 3.05) is 13.2 Å². The van der Waals surface area contributed by atoms with Crippen LogP contribution in [0.5, 0.6) is 5.88 Å². The first-order chi connectivity index (χ1) is 8.58. The van der Waals surface area contributed by atoms with E-state index in [1.165, 1.54) is 6.20 Å². The van der Waals surface area contributed by atoms with Gasteiger partial charge in [0.05, 0.1) is 11.6 Å². The molecule has 0 radical (unpaired) electrons. The van der Waals surface area contributed by atoms with Gasteiger partial charge in [-0.3, -0.25) is 4.79 Å². The van der Waals surface area contributed by atoms with Crippen LogP contribution >= 0.6 is 11.6 Å². The van der Waals surface area contributed by atoms with Gasteiger partial charge >= 0.3 is 0 Å². The van der Waals surface area contributed by atoms with Crippen molar-refractivity contribution in [2.45, 2.75) is 25.8 Å². The highest BCUT2D eigenvalue weighted by Crippen LogP contribution is 2.10. The van der Waals surface area contributed by atoms with E-state index >= 15 is 0 Å². The molecule has 0 bridgehead atoms. The predicted molar refractivity (Wildman–Crippen MR) is 70.6 cm³/mol. The minimum Gasteiger partial charge on any atom is -0.476 e. The van der Waals surface area contributed by atoms with Crippen LogP contribution in [0, 0.1) is 0 Å². The van der Waals surface area contributed by atoms with Gasteiger partial charge < -0.3 is 15.8 Å². The molecule has 3 N–H and O–H groups in total. The van der Waals surface area contributed by atoms with Crippen LogP contribution in [-0.4, -0.2) is 30.1 Å². The molecule has 0 aliphatic carbocycles. The van der Waals surface area contributed by atoms with Gasteiger partial charge in [-0.2, -0.15) is 0 Å². The first-order valence-electron chi connectivity index (χ1n) is 5.84. The number of hydrogen-bond acceptors (Lipinski definition) is 4. The van der Waals surface area contributed by atoms with E-state index in [1.54, 1.807) is 12.1 Å². The van der Waals surface area contributed by atoms with E-state index < -0.39 is 0 Å². The second-order valence-electron chi connectivity index (χ2n) is 4.03. The van der Waals surface area contributed by atoms with E-state index in [-0.39, 0.29) is 11.9 Å². The fourth-order valence-corrected chi connectivity index (χ4v) is 1.35. The Morgan fingerprint density at radius 2 is 2.39 bits per heavy atom. The molecule has 0 aromatic carbocycles. The summed E-state index contributed by atoms with van der Waals surface area (Å²) in [7, 11) is 0. The van der Waals surface area contributed by atoms with Crippen LogP contribution in [0.25, 0.3) is 0 Å². The van der Waals surface area contributed by atoms with Crippen molar-refractivity contribution in [1.29, 1.82) is 0 Å². The molecule has 6 heteroatoms. The van der Waals surface area contributed by atoms with Crippen LogP contribution in [0.4, 0.5) is 0 Å². The third kappa shape index (κ3) is 6.42. The van der Waals surface area contributed by atoms with E-state index in [0.29, 0.717) is 36.9 Å². The average Bonchev–Trinajstić information content (AvgIpc) is 2.34. The zero-order valence-corrected chi connectivity index (χ0v) is 11.1. The minimum absolute atomic E-state index is 0.0139. The highest BCUT2D eigenvalue weighted by molar-refractivity contribution is 6.30. The van der Waals surface area contributed by atoms with Crippen molar-refractivity contribution in [2.24, 2.45) is 5.73 Å². The largest absolute Gasteiger partial charge is 0.476 e. The fraction of sp³-hybridized carbons (Fsp3) is 0.500. The Balaban J connectivity index is 2.11. The fourth-order valence-electron chi connectivity index (χ4n) is 1.24. The molecule has 1 heterocycles. The summed E-state index contributed by atoms with van der Waals surface area (Å²) in [4.78, 5) is 15.3. The van der Waals surface area contributed by atoms with Crippen molar-refractivity contribution < 1.29 is 9.53 Å². The summed E-state index contributed by atoms with van der Waals surface area (Å²) in [5.41, 5.74) is 5.56. The molecule has 1 unspecified atom stereocenters. The van der Waals surface area contributed by atoms with Crippen LogP contribution in [0.1, 0.15) is 19.8 Å². The second-order valence-corrected chi connectivity index (χ2v) is 4.47. The molecule has 1 aromatic heterocycles. The van der Waals surface area contributed by atoms with Crippen molar-refractivity contribution in [3.05, 3.63) is 23.4 Å². The van der Waals surface area contributed by atoms with Gasteiger partial charge in [-0.15, -0.1) is 0 Å². The van der Waals surface area contributed by atoms with Gasteiger partial charge in [-0.05, 0) is 19.4 Å². The van der Waals surface area contributed by atoms with Gasteiger partial charge in [0.25, 0.3) is 0 Å². The molecule has 100 valence electrons. The maximum absolute atomic E-state index is 11.3. The zero-order valence-electron chi connectivity index (χ0n) is 10.4. The SMILES string of the molecule is CC(N)CCC(=O)NCCOc1ccc(Cl)cn1. The Morgan fingerprint density at radius 1 is 1.61 bits per heavy atom. The number of halogens is 1. The number of rotatable bonds is 7. The Bertz CT molecular complexity index is 368. The number of amides is 1. The van der Waals surface area contributed by atoms with Crippen LogP contribution in [0.15, 0.2) is 18.3 Å². The molecule has 1 aromatic rings. The van der Waals surface area contributed by atoms with Crippen molar-refractivity contribution in [3.63, 3.8) is 0 Å². The number of nitrogens with zero attached hydrogens (tertiary/aromatic N) is 1. The van der Waals surface area contributed by atoms with E-state index in [4.69, 9.17) is 22.1 Å². The van der Waals surface area contributed by atoms with Crippen LogP contribution in [0.3, 0.4) is 0 Å². The van der Waals surface area contributed by atoms with Crippen molar-refractivity contribution in [3.8, 4) is 5.88 Å². The minimum atomic E-state index is -0.0139. The Hall–Kier alpha value is -1.33. The lowest BCUT2D eigenvalue weighted by Gasteiger charge is -2.08. The van der Waals surface area contributed by atoms with E-state index in [9.17, 15) is 4.79 Å². The molecule has 18 heavy (non-hydrogen) atoms. The van der Waals surface area contributed by atoms with E-state index in [1.807, 2.05) is 6.92 Å². The van der Waals surface area contributed by atoms with Gasteiger partial charge in [0.2, 0.25) is 11.8 Å². The van der Waals surface area contributed by atoms with Gasteiger partial charge in [0.1, 0.15) is 6.61 Å². The first kappa shape index (κ1) is 14.7. The molecule has 0 fully saturated rings. The molecular weight excluding hydrogens is 254 g/mol. The lowest BCUT2D eigenvalue weighted by Crippen LogP contribution is -2.29. The zero-order chi connectivity index (χ0) is 13.4. The van der Waals surface area contributed by atoms with Crippen LogP contribution in [0.2, 0.25) is 5.02 Å². The topological polar surface area (TPSA) is 77.2 Å². The summed E-state index contributed by atoms with van der Waals surface area (Å²) in [6, 6.07) is 3.43. The molecule has 0 saturated carbocycles. The summed E-state index contributed by atoms with van der Waals surface area (Å²) < 4.78 is 5.33. The van der Waals surface area contributed by atoms with Crippen LogP contribution < -0.4 is 15.8 Å². The predicted octanol–water partition coefficient (Wildman–Crippen LogP) is 1.36. The molecule has 5 nitrogen and oxygen atoms in total. The number of aromatic nitrogens is 1. The summed E-state index contributed by atoms with van der Waals surface area (Å²) in [6.07, 6.45) is 2.64. The molecule has 0 aliphatic heterocycles. The molecule has 1 amide bonds. The summed E-state index contributed by atoms with van der Waals surface area (Å²) in [5, 5.41) is 3.31. The van der Waals surface area contributed by atoms with Crippen molar-refractivity contribution >= 4 is 17.5 Å². The van der Waals surface area contributed by atoms with E-state index in [2.05, 4.69) is 10.3 Å². The van der Waals surface area contributed by atoms with Gasteiger partial charge in [-0.25, -0.2) is 4.98 Å². The van der Waals surface area contributed by atoms with Crippen molar-refractivity contribution in [1.82, 2.24) is 10.3 Å². The summed E-state index contributed by atoms with van der Waals surface area (Å²) in [6.45, 7) is 2.70. The molecule has 1 rings (SSSR count). The highest BCUT2D eigenvalue weighted by atomic mass is 35.5. The molecule has 1 atom stereocenters. The molecule has 0 aliphatic rings. The third-order valence-electron chi connectivity index (χ3n) is 2.20. The number of hydrogen-bond donors (Lipinski definition) is 2. The number of carbonyl (C=O) groups excluding carboxylic acids is 1. The number of ether oxygens (including phenoxy) is 1. The maximum atomic E-state index is 11.3. The first-order valence-corrected chi connectivity index (χ1v) is 6.22. The number of pyridine rings is 1. The monoisotopic (exact) mass is 271 g/mol. The Morgan fingerprint density at radius 3 is 3.00 bits per heavy atom. The Labute approximate surface area is 112 Å². The lowest BCUT2D eigenvalue weighted by molar-refractivity contribution is -0.121. The lowest BCUT2D eigenvalue weighted by atomic mass is 10.2. The van der Waals surface area contributed by atoms with Gasteiger partial charge in [0.15, 0.2) is 0 Å². The summed E-state index contributed by atoms with van der Waals surface area (Å²) in [5.74, 6) is 0.476. The van der Waals surface area contributed by atoms with Crippen LogP contribution in [-0.2, 0) is 4.79 Å². The summed E-state index contributed by atoms with van der Waals surface area (Å²) >= 11 is 5.69. The van der Waals surface area contributed by atoms with Gasteiger partial charge in [0, 0.05) is 24.7 Å². The highest BCUT2D eigenvalue weighted by Gasteiger charge is 2.03. The third-order valence-corrected chi connectivity index (χ3v) is 2.42. The molecule has 0 saturated heterocycles. The number of nitrogens with two attached hydrogens (primary N) is 1. The van der Waals surface area contributed by atoms with E-state index in [0.717, 1.165) is 0 Å². The maximum Gasteiger partial charge on any atom is 0.220 e. The standard InChI is InChI=1S/C12H18ClN3O2/c1-9(14)2-4-11(17)15-6-7-18-12-5-3-10(13)8-16-12/h3,5,8-9H,2,4,6-7,14H2,1H3,(H,15,17). The normalized spacial score (nSPS) is 11.9. The number of carbonyl (C=O) groups is 1. The van der Waals surface area contributed by atoms with Gasteiger partial charge in [-0.1, -0.05) is 11.6 Å². The molecular formula is C12H18ClN3O2. The quantitative estimate of drug-likeness (QED) is 0.734. The second kappa shape index (κ2) is 7.89. The molecule has 0 spiro atoms. The number of nitrogens with one attached hydrogen (secondary N) is 1.